The van der Waals surface area contributed by atoms with Crippen molar-refractivity contribution < 1.29 is 0 Å². The highest BCUT2D eigenvalue weighted by molar-refractivity contribution is 6.25. The summed E-state index contributed by atoms with van der Waals surface area (Å²) < 4.78 is 0. The van der Waals surface area contributed by atoms with Gasteiger partial charge in [-0.25, -0.2) is 0 Å². The number of halogens is 2. The number of hydrogen-bond donors (Lipinski definition) is 0. The summed E-state index contributed by atoms with van der Waals surface area (Å²) in [5, 5.41) is 0. The van der Waals surface area contributed by atoms with Gasteiger partial charge in [-0.1, -0.05) is 13.8 Å². The maximum Gasteiger partial charge on any atom is 0.0453 e. The van der Waals surface area contributed by atoms with E-state index in [1.807, 2.05) is 0 Å². The quantitative estimate of drug-likeness (QED) is 0.565. The monoisotopic (exact) mass is 168 g/mol. The fourth-order valence-corrected chi connectivity index (χ4v) is 1.33. The van der Waals surface area contributed by atoms with E-state index in [0.29, 0.717) is 5.88 Å². The summed E-state index contributed by atoms with van der Waals surface area (Å²) in [4.78, 5) is -0.0260. The summed E-state index contributed by atoms with van der Waals surface area (Å²) in [5.41, 5.74) is 0. The first-order chi connectivity index (χ1) is 4.18. The normalized spacial score (nSPS) is 12.0. The van der Waals surface area contributed by atoms with E-state index in [9.17, 15) is 0 Å². The summed E-state index contributed by atoms with van der Waals surface area (Å²) >= 11 is 11.7. The molecular formula is C7H14Cl2. The molecule has 2 heteroatoms. The van der Waals surface area contributed by atoms with E-state index in [1.54, 1.807) is 0 Å². The van der Waals surface area contributed by atoms with Gasteiger partial charge in [-0.15, -0.1) is 23.2 Å². The zero-order chi connectivity index (χ0) is 7.33. The van der Waals surface area contributed by atoms with Gasteiger partial charge >= 0.3 is 0 Å². The Kier molecular flexibility index (Phi) is 4.69. The Morgan fingerprint density at radius 1 is 1.22 bits per heavy atom. The summed E-state index contributed by atoms with van der Waals surface area (Å²) in [5.74, 6) is 0.672. The maximum absolute atomic E-state index is 6.12. The Labute approximate surface area is 67.5 Å². The molecule has 0 saturated heterocycles. The van der Waals surface area contributed by atoms with Crippen LogP contribution in [-0.2, 0) is 0 Å². The van der Waals surface area contributed by atoms with Crippen molar-refractivity contribution in [3.05, 3.63) is 0 Å². The van der Waals surface area contributed by atoms with Crippen molar-refractivity contribution in [3.8, 4) is 0 Å². The minimum Gasteiger partial charge on any atom is -0.127 e. The van der Waals surface area contributed by atoms with Crippen LogP contribution >= 0.6 is 23.2 Å². The minimum absolute atomic E-state index is 0.0260. The van der Waals surface area contributed by atoms with Crippen LogP contribution in [0.5, 0.6) is 0 Å². The van der Waals surface area contributed by atoms with E-state index in [-0.39, 0.29) is 4.87 Å². The summed E-state index contributed by atoms with van der Waals surface area (Å²) in [6.07, 6.45) is 2.94. The van der Waals surface area contributed by atoms with E-state index in [0.717, 1.165) is 19.3 Å². The molecule has 56 valence electrons. The molecule has 9 heavy (non-hydrogen) atoms. The third-order valence-corrected chi connectivity index (χ3v) is 2.72. The first-order valence-electron chi connectivity index (χ1n) is 3.43. The number of hydrogen-bond acceptors (Lipinski definition) is 0. The standard InChI is InChI=1S/C7H14Cl2/c1-3-7(9,4-2)5-6-8/h3-6H2,1-2H3. The molecule has 0 N–H and O–H groups in total. The molecule has 0 aromatic carbocycles. The van der Waals surface area contributed by atoms with E-state index >= 15 is 0 Å². The highest BCUT2D eigenvalue weighted by Crippen LogP contribution is 2.27. The number of rotatable bonds is 4. The van der Waals surface area contributed by atoms with Crippen molar-refractivity contribution in [2.75, 3.05) is 5.88 Å². The predicted molar refractivity (Wildman–Crippen MR) is 44.5 cm³/mol. The van der Waals surface area contributed by atoms with Gasteiger partial charge in [0.05, 0.1) is 0 Å². The second-order valence-electron chi connectivity index (χ2n) is 2.30. The highest BCUT2D eigenvalue weighted by Gasteiger charge is 2.20. The predicted octanol–water partition coefficient (Wildman–Crippen LogP) is 3.41. The average Bonchev–Trinajstić information content (AvgIpc) is 1.89. The first-order valence-corrected chi connectivity index (χ1v) is 4.34. The lowest BCUT2D eigenvalue weighted by atomic mass is 10.00. The zero-order valence-corrected chi connectivity index (χ0v) is 7.60. The van der Waals surface area contributed by atoms with Gasteiger partial charge in [-0.2, -0.15) is 0 Å². The van der Waals surface area contributed by atoms with Crippen LogP contribution in [0.15, 0.2) is 0 Å². The van der Waals surface area contributed by atoms with E-state index in [2.05, 4.69) is 13.8 Å². The van der Waals surface area contributed by atoms with Crippen LogP contribution in [0.2, 0.25) is 0 Å². The van der Waals surface area contributed by atoms with Crippen LogP contribution < -0.4 is 0 Å². The SMILES string of the molecule is CCC(Cl)(CC)CCCl. The molecule has 0 bridgehead atoms. The van der Waals surface area contributed by atoms with E-state index in [4.69, 9.17) is 23.2 Å². The van der Waals surface area contributed by atoms with Gasteiger partial charge in [0.2, 0.25) is 0 Å². The molecule has 0 unspecified atom stereocenters. The van der Waals surface area contributed by atoms with Crippen molar-refractivity contribution >= 4 is 23.2 Å². The van der Waals surface area contributed by atoms with Gasteiger partial charge in [0, 0.05) is 10.8 Å². The van der Waals surface area contributed by atoms with Gasteiger partial charge < -0.3 is 0 Å². The van der Waals surface area contributed by atoms with Crippen LogP contribution in [0.3, 0.4) is 0 Å². The van der Waals surface area contributed by atoms with Crippen LogP contribution in [0.25, 0.3) is 0 Å². The van der Waals surface area contributed by atoms with Crippen molar-refractivity contribution in [2.24, 2.45) is 0 Å². The lowest BCUT2D eigenvalue weighted by Gasteiger charge is -2.21. The molecule has 0 spiro atoms. The average molecular weight is 169 g/mol. The summed E-state index contributed by atoms with van der Waals surface area (Å²) in [6, 6.07) is 0. The number of alkyl halides is 2. The van der Waals surface area contributed by atoms with Gasteiger partial charge in [0.25, 0.3) is 0 Å². The van der Waals surface area contributed by atoms with Crippen LogP contribution in [0.1, 0.15) is 33.1 Å². The largest absolute Gasteiger partial charge is 0.127 e. The Morgan fingerprint density at radius 3 is 1.78 bits per heavy atom. The molecule has 0 radical (unpaired) electrons. The molecular weight excluding hydrogens is 155 g/mol. The van der Waals surface area contributed by atoms with Gasteiger partial charge in [0.1, 0.15) is 0 Å². The minimum atomic E-state index is -0.0260. The lowest BCUT2D eigenvalue weighted by molar-refractivity contribution is 0.522. The van der Waals surface area contributed by atoms with Gasteiger partial charge in [-0.3, -0.25) is 0 Å². The molecule has 0 aliphatic rings. The molecule has 0 rings (SSSR count). The van der Waals surface area contributed by atoms with Gasteiger partial charge in [-0.05, 0) is 19.3 Å². The molecule has 0 aliphatic heterocycles. The second kappa shape index (κ2) is 4.40. The second-order valence-corrected chi connectivity index (χ2v) is 3.48. The van der Waals surface area contributed by atoms with Crippen molar-refractivity contribution in [3.63, 3.8) is 0 Å². The van der Waals surface area contributed by atoms with Crippen LogP contribution in [0.4, 0.5) is 0 Å². The Balaban J connectivity index is 3.62. The van der Waals surface area contributed by atoms with Crippen LogP contribution in [-0.4, -0.2) is 10.8 Å². The fourth-order valence-electron chi connectivity index (χ4n) is 0.773. The van der Waals surface area contributed by atoms with E-state index < -0.39 is 0 Å². The van der Waals surface area contributed by atoms with Crippen molar-refractivity contribution in [1.82, 2.24) is 0 Å². The molecule has 0 aromatic rings. The third-order valence-electron chi connectivity index (χ3n) is 1.81. The van der Waals surface area contributed by atoms with Crippen molar-refractivity contribution in [2.45, 2.75) is 38.0 Å². The van der Waals surface area contributed by atoms with Crippen molar-refractivity contribution in [1.29, 1.82) is 0 Å². The van der Waals surface area contributed by atoms with Crippen LogP contribution in [0, 0.1) is 0 Å². The summed E-state index contributed by atoms with van der Waals surface area (Å²) in [6.45, 7) is 4.20. The first kappa shape index (κ1) is 9.58. The molecule has 0 fully saturated rings. The smallest absolute Gasteiger partial charge is 0.0453 e. The Bertz CT molecular complexity index is 67.3. The molecule has 0 atom stereocenters. The molecule has 0 amide bonds. The molecule has 0 saturated carbocycles. The lowest BCUT2D eigenvalue weighted by Crippen LogP contribution is -2.19. The fraction of sp³-hybridized carbons (Fsp3) is 1.00. The van der Waals surface area contributed by atoms with Gasteiger partial charge in [0.15, 0.2) is 0 Å². The summed E-state index contributed by atoms with van der Waals surface area (Å²) in [7, 11) is 0. The zero-order valence-electron chi connectivity index (χ0n) is 6.08. The maximum atomic E-state index is 6.12. The highest BCUT2D eigenvalue weighted by atomic mass is 35.5. The third kappa shape index (κ3) is 3.32. The molecule has 0 heterocycles. The Morgan fingerprint density at radius 2 is 1.67 bits per heavy atom. The molecule has 0 aromatic heterocycles. The van der Waals surface area contributed by atoms with E-state index in [1.165, 1.54) is 0 Å². The molecule has 0 nitrogen and oxygen atoms in total. The topological polar surface area (TPSA) is 0 Å². The Hall–Kier alpha value is 0.580. The molecule has 0 aliphatic carbocycles.